The van der Waals surface area contributed by atoms with Gasteiger partial charge in [0.15, 0.2) is 6.61 Å². The molecule has 0 bridgehead atoms. The maximum Gasteiger partial charge on any atom is 0.257 e. The van der Waals surface area contributed by atoms with Crippen molar-refractivity contribution in [2.45, 2.75) is 12.5 Å². The van der Waals surface area contributed by atoms with Gasteiger partial charge in [-0.3, -0.25) is 4.79 Å². The van der Waals surface area contributed by atoms with Gasteiger partial charge in [0.2, 0.25) is 0 Å². The summed E-state index contributed by atoms with van der Waals surface area (Å²) in [5.41, 5.74) is 4.38. The molecule has 32 heavy (non-hydrogen) atoms. The molecule has 5 nitrogen and oxygen atoms in total. The standard InChI is InChI=1S/C26H26ClN3O2/c1-28-26(31)17-32-25-13-7-2-8-18(25)14-29-15-21(19-9-3-5-11-23(19)27)22-16-30-24-12-6-4-10-20(22)24/h2-13,16,21,29-30H,14-15,17H2,1H3,(H,28,31). The third kappa shape index (κ3) is 4.96. The van der Waals surface area contributed by atoms with Gasteiger partial charge in [0.05, 0.1) is 0 Å². The minimum atomic E-state index is -0.161. The minimum absolute atomic E-state index is 0.00883. The number of para-hydroxylation sites is 2. The lowest BCUT2D eigenvalue weighted by molar-refractivity contribution is -0.122. The van der Waals surface area contributed by atoms with Crippen LogP contribution in [0.5, 0.6) is 5.75 Å². The van der Waals surface area contributed by atoms with E-state index in [1.165, 1.54) is 10.9 Å². The monoisotopic (exact) mass is 447 g/mol. The van der Waals surface area contributed by atoms with Crippen molar-refractivity contribution in [1.29, 1.82) is 0 Å². The highest BCUT2D eigenvalue weighted by molar-refractivity contribution is 6.31. The summed E-state index contributed by atoms with van der Waals surface area (Å²) in [5, 5.41) is 8.08. The highest BCUT2D eigenvalue weighted by Crippen LogP contribution is 2.34. The van der Waals surface area contributed by atoms with E-state index < -0.39 is 0 Å². The lowest BCUT2D eigenvalue weighted by Gasteiger charge is -2.20. The molecule has 1 heterocycles. The van der Waals surface area contributed by atoms with Crippen molar-refractivity contribution in [3.8, 4) is 5.75 Å². The molecule has 3 aromatic carbocycles. The van der Waals surface area contributed by atoms with Gasteiger partial charge in [0, 0.05) is 53.7 Å². The lowest BCUT2D eigenvalue weighted by atomic mass is 9.90. The number of H-pyrrole nitrogens is 1. The molecule has 4 aromatic rings. The number of hydrogen-bond donors (Lipinski definition) is 3. The van der Waals surface area contributed by atoms with Crippen LogP contribution in [0.2, 0.25) is 5.02 Å². The summed E-state index contributed by atoms with van der Waals surface area (Å²) >= 11 is 6.60. The van der Waals surface area contributed by atoms with Gasteiger partial charge in [-0.2, -0.15) is 0 Å². The van der Waals surface area contributed by atoms with Gasteiger partial charge in [-0.1, -0.05) is 66.2 Å². The zero-order chi connectivity index (χ0) is 22.3. The van der Waals surface area contributed by atoms with E-state index in [2.05, 4.69) is 46.1 Å². The first-order valence-electron chi connectivity index (χ1n) is 10.6. The van der Waals surface area contributed by atoms with E-state index in [1.807, 2.05) is 48.5 Å². The third-order valence-corrected chi connectivity index (χ3v) is 5.90. The molecule has 6 heteroatoms. The van der Waals surface area contributed by atoms with E-state index >= 15 is 0 Å². The Morgan fingerprint density at radius 2 is 1.75 bits per heavy atom. The van der Waals surface area contributed by atoms with E-state index in [0.717, 1.165) is 21.7 Å². The second-order valence-corrected chi connectivity index (χ2v) is 7.97. The maximum absolute atomic E-state index is 11.6. The molecule has 1 amide bonds. The second-order valence-electron chi connectivity index (χ2n) is 7.56. The number of carbonyl (C=O) groups excluding carboxylic acids is 1. The summed E-state index contributed by atoms with van der Waals surface area (Å²) in [4.78, 5) is 14.9. The van der Waals surface area contributed by atoms with Crippen LogP contribution in [0.25, 0.3) is 10.9 Å². The van der Waals surface area contributed by atoms with E-state index in [1.54, 1.807) is 7.05 Å². The van der Waals surface area contributed by atoms with Crippen molar-refractivity contribution in [3.05, 3.63) is 101 Å². The number of amides is 1. The number of aromatic nitrogens is 1. The summed E-state index contributed by atoms with van der Waals surface area (Å²) in [7, 11) is 1.60. The Labute approximate surface area is 192 Å². The van der Waals surface area contributed by atoms with Crippen molar-refractivity contribution in [3.63, 3.8) is 0 Å². The number of hydrogen-bond acceptors (Lipinski definition) is 3. The topological polar surface area (TPSA) is 66.2 Å². The number of nitrogens with one attached hydrogen (secondary N) is 3. The van der Waals surface area contributed by atoms with Gasteiger partial charge in [-0.15, -0.1) is 0 Å². The first-order chi connectivity index (χ1) is 15.7. The first kappa shape index (κ1) is 21.9. The number of benzene rings is 3. The molecule has 0 fully saturated rings. The molecule has 4 rings (SSSR count). The third-order valence-electron chi connectivity index (χ3n) is 5.55. The quantitative estimate of drug-likeness (QED) is 0.343. The Morgan fingerprint density at radius 3 is 2.59 bits per heavy atom. The highest BCUT2D eigenvalue weighted by Gasteiger charge is 2.20. The molecule has 1 atom stereocenters. The Morgan fingerprint density at radius 1 is 1.00 bits per heavy atom. The summed E-state index contributed by atoms with van der Waals surface area (Å²) < 4.78 is 5.70. The number of ether oxygens (including phenoxy) is 1. The molecular weight excluding hydrogens is 422 g/mol. The molecule has 0 aliphatic carbocycles. The van der Waals surface area contributed by atoms with Crippen LogP contribution in [0.1, 0.15) is 22.6 Å². The Hall–Kier alpha value is -3.28. The number of aromatic amines is 1. The highest BCUT2D eigenvalue weighted by atomic mass is 35.5. The fraction of sp³-hybridized carbons (Fsp3) is 0.192. The zero-order valence-electron chi connectivity index (χ0n) is 17.9. The van der Waals surface area contributed by atoms with E-state index in [0.29, 0.717) is 18.8 Å². The molecule has 0 saturated heterocycles. The average Bonchev–Trinajstić information content (AvgIpc) is 3.25. The van der Waals surface area contributed by atoms with E-state index in [9.17, 15) is 4.79 Å². The largest absolute Gasteiger partial charge is 0.483 e. The van der Waals surface area contributed by atoms with Crippen molar-refractivity contribution in [1.82, 2.24) is 15.6 Å². The normalized spacial score (nSPS) is 11.9. The van der Waals surface area contributed by atoms with Gasteiger partial charge < -0.3 is 20.4 Å². The van der Waals surface area contributed by atoms with Gasteiger partial charge in [-0.25, -0.2) is 0 Å². The Bertz CT molecular complexity index is 1200. The van der Waals surface area contributed by atoms with Crippen LogP contribution in [0, 0.1) is 0 Å². The van der Waals surface area contributed by atoms with Crippen molar-refractivity contribution >= 4 is 28.4 Å². The predicted octanol–water partition coefficient (Wildman–Crippen LogP) is 4.87. The number of carbonyl (C=O) groups is 1. The predicted molar refractivity (Wildman–Crippen MR) is 129 cm³/mol. The van der Waals surface area contributed by atoms with Crippen LogP contribution in [-0.2, 0) is 11.3 Å². The van der Waals surface area contributed by atoms with Gasteiger partial charge >= 0.3 is 0 Å². The summed E-state index contributed by atoms with van der Waals surface area (Å²) in [6, 6.07) is 24.0. The zero-order valence-corrected chi connectivity index (χ0v) is 18.7. The van der Waals surface area contributed by atoms with Gasteiger partial charge in [-0.05, 0) is 29.3 Å². The van der Waals surface area contributed by atoms with Crippen molar-refractivity contribution in [2.24, 2.45) is 0 Å². The fourth-order valence-corrected chi connectivity index (χ4v) is 4.15. The average molecular weight is 448 g/mol. The fourth-order valence-electron chi connectivity index (χ4n) is 3.88. The second kappa shape index (κ2) is 10.4. The molecule has 1 aromatic heterocycles. The minimum Gasteiger partial charge on any atom is -0.483 e. The first-order valence-corrected chi connectivity index (χ1v) is 11.0. The van der Waals surface area contributed by atoms with Crippen LogP contribution in [0.15, 0.2) is 79.0 Å². The SMILES string of the molecule is CNC(=O)COc1ccccc1CNCC(c1ccccc1Cl)c1c[nH]c2ccccc12. The number of rotatable bonds is 9. The van der Waals surface area contributed by atoms with Crippen LogP contribution < -0.4 is 15.4 Å². The Kier molecular flexibility index (Phi) is 7.10. The van der Waals surface area contributed by atoms with Gasteiger partial charge in [0.25, 0.3) is 5.91 Å². The number of likely N-dealkylation sites (N-methyl/N-ethyl adjacent to an activating group) is 1. The smallest absolute Gasteiger partial charge is 0.257 e. The van der Waals surface area contributed by atoms with Crippen LogP contribution in [0.4, 0.5) is 0 Å². The van der Waals surface area contributed by atoms with Crippen LogP contribution >= 0.6 is 11.6 Å². The molecule has 164 valence electrons. The molecule has 3 N–H and O–H groups in total. The molecular formula is C26H26ClN3O2. The van der Waals surface area contributed by atoms with Crippen LogP contribution in [-0.4, -0.2) is 31.1 Å². The summed E-state index contributed by atoms with van der Waals surface area (Å²) in [6.07, 6.45) is 2.07. The summed E-state index contributed by atoms with van der Waals surface area (Å²) in [6.45, 7) is 1.29. The Balaban J connectivity index is 1.55. The number of halogens is 1. The van der Waals surface area contributed by atoms with Gasteiger partial charge in [0.1, 0.15) is 5.75 Å². The lowest BCUT2D eigenvalue weighted by Crippen LogP contribution is -2.26. The molecule has 0 aliphatic heterocycles. The number of fused-ring (bicyclic) bond motifs is 1. The van der Waals surface area contributed by atoms with Crippen molar-refractivity contribution < 1.29 is 9.53 Å². The van der Waals surface area contributed by atoms with E-state index in [4.69, 9.17) is 16.3 Å². The maximum atomic E-state index is 11.6. The molecule has 0 saturated carbocycles. The molecule has 0 spiro atoms. The molecule has 1 unspecified atom stereocenters. The van der Waals surface area contributed by atoms with E-state index in [-0.39, 0.29) is 18.4 Å². The van der Waals surface area contributed by atoms with Crippen LogP contribution in [0.3, 0.4) is 0 Å². The van der Waals surface area contributed by atoms with Crippen molar-refractivity contribution in [2.75, 3.05) is 20.2 Å². The summed E-state index contributed by atoms with van der Waals surface area (Å²) in [5.74, 6) is 0.606. The molecule has 0 radical (unpaired) electrons. The molecule has 0 aliphatic rings.